The van der Waals surface area contributed by atoms with Gasteiger partial charge in [0.1, 0.15) is 5.76 Å². The second kappa shape index (κ2) is 7.75. The van der Waals surface area contributed by atoms with E-state index < -0.39 is 28.5 Å². The summed E-state index contributed by atoms with van der Waals surface area (Å²) in [5.41, 5.74) is 0.0276. The molecule has 2 N–H and O–H groups in total. The number of carbonyl (C=O) groups excluding carboxylic acids is 2. The molecule has 0 saturated heterocycles. The van der Waals surface area contributed by atoms with E-state index in [9.17, 15) is 18.0 Å². The fraction of sp³-hybridized carbons (Fsp3) is 0.200. The summed E-state index contributed by atoms with van der Waals surface area (Å²) < 4.78 is 36.7. The van der Waals surface area contributed by atoms with Crippen molar-refractivity contribution in [1.82, 2.24) is 10.0 Å². The van der Waals surface area contributed by atoms with E-state index in [0.29, 0.717) is 5.76 Å². The van der Waals surface area contributed by atoms with Crippen LogP contribution in [0, 0.1) is 0 Å². The van der Waals surface area contributed by atoms with Gasteiger partial charge in [0.2, 0.25) is 10.0 Å². The molecule has 0 atom stereocenters. The third-order valence-electron chi connectivity index (χ3n) is 3.01. The number of rotatable bonds is 7. The van der Waals surface area contributed by atoms with Crippen LogP contribution in [0.5, 0.6) is 0 Å². The quantitative estimate of drug-likeness (QED) is 0.708. The third kappa shape index (κ3) is 4.67. The van der Waals surface area contributed by atoms with Crippen molar-refractivity contribution in [3.8, 4) is 0 Å². The number of benzene rings is 1. The zero-order valence-corrected chi connectivity index (χ0v) is 13.6. The largest absolute Gasteiger partial charge is 0.468 e. The maximum absolute atomic E-state index is 12.2. The highest BCUT2D eigenvalue weighted by Gasteiger charge is 2.17. The fourth-order valence-electron chi connectivity index (χ4n) is 1.74. The Bertz CT molecular complexity index is 814. The van der Waals surface area contributed by atoms with E-state index in [1.54, 1.807) is 12.1 Å². The van der Waals surface area contributed by atoms with E-state index in [-0.39, 0.29) is 17.0 Å². The molecule has 0 spiro atoms. The lowest BCUT2D eigenvalue weighted by Gasteiger charge is -2.08. The first-order chi connectivity index (χ1) is 11.4. The number of furan rings is 1. The monoisotopic (exact) mass is 352 g/mol. The van der Waals surface area contributed by atoms with E-state index in [1.165, 1.54) is 37.6 Å². The summed E-state index contributed by atoms with van der Waals surface area (Å²) in [6, 6.07) is 8.62. The molecule has 2 rings (SSSR count). The summed E-state index contributed by atoms with van der Waals surface area (Å²) in [5.74, 6) is -0.798. The van der Waals surface area contributed by atoms with E-state index in [1.807, 2.05) is 0 Å². The zero-order chi connectivity index (χ0) is 17.6. The Balaban J connectivity index is 2.08. The summed E-state index contributed by atoms with van der Waals surface area (Å²) in [6.45, 7) is -0.455. The van der Waals surface area contributed by atoms with Gasteiger partial charge in [-0.1, -0.05) is 6.07 Å². The van der Waals surface area contributed by atoms with Gasteiger partial charge in [-0.15, -0.1) is 0 Å². The third-order valence-corrected chi connectivity index (χ3v) is 4.41. The van der Waals surface area contributed by atoms with E-state index in [2.05, 4.69) is 10.0 Å². The first kappa shape index (κ1) is 17.7. The average Bonchev–Trinajstić information content (AvgIpc) is 3.11. The van der Waals surface area contributed by atoms with Gasteiger partial charge >= 0.3 is 5.97 Å². The van der Waals surface area contributed by atoms with Crippen LogP contribution >= 0.6 is 0 Å². The maximum atomic E-state index is 12.2. The van der Waals surface area contributed by atoms with Gasteiger partial charge in [0.25, 0.3) is 5.91 Å². The number of carbonyl (C=O) groups is 2. The molecule has 8 nitrogen and oxygen atoms in total. The first-order valence-corrected chi connectivity index (χ1v) is 8.40. The van der Waals surface area contributed by atoms with Crippen LogP contribution in [0.3, 0.4) is 0 Å². The normalized spacial score (nSPS) is 11.0. The molecule has 2 aromatic rings. The Labute approximate surface area is 138 Å². The van der Waals surface area contributed by atoms with E-state index in [0.717, 1.165) is 0 Å². The Hall–Kier alpha value is -2.65. The smallest absolute Gasteiger partial charge is 0.338 e. The molecule has 0 aliphatic rings. The molecule has 0 fully saturated rings. The lowest BCUT2D eigenvalue weighted by atomic mass is 10.2. The van der Waals surface area contributed by atoms with Crippen LogP contribution in [-0.2, 0) is 26.1 Å². The predicted octanol–water partition coefficient (Wildman–Crippen LogP) is 0.661. The molecule has 0 unspecified atom stereocenters. The molecule has 24 heavy (non-hydrogen) atoms. The molecule has 0 radical (unpaired) electrons. The predicted molar refractivity (Wildman–Crippen MR) is 83.5 cm³/mol. The molecular weight excluding hydrogens is 336 g/mol. The Morgan fingerprint density at radius 1 is 1.21 bits per heavy atom. The van der Waals surface area contributed by atoms with Crippen molar-refractivity contribution in [3.05, 3.63) is 54.0 Å². The minimum absolute atomic E-state index is 0.0132. The highest BCUT2D eigenvalue weighted by atomic mass is 32.2. The lowest BCUT2D eigenvalue weighted by Crippen LogP contribution is -2.25. The van der Waals surface area contributed by atoms with Gasteiger partial charge in [-0.2, -0.15) is 0 Å². The van der Waals surface area contributed by atoms with Crippen LogP contribution in [0.2, 0.25) is 0 Å². The van der Waals surface area contributed by atoms with Gasteiger partial charge in [-0.25, -0.2) is 17.9 Å². The molecular formula is C15H16N2O6S. The van der Waals surface area contributed by atoms with Crippen molar-refractivity contribution in [2.24, 2.45) is 0 Å². The van der Waals surface area contributed by atoms with E-state index >= 15 is 0 Å². The van der Waals surface area contributed by atoms with Crippen LogP contribution in [-0.4, -0.2) is 33.9 Å². The van der Waals surface area contributed by atoms with Gasteiger partial charge in [-0.3, -0.25) is 4.79 Å². The first-order valence-electron chi connectivity index (χ1n) is 6.92. The fourth-order valence-corrected chi connectivity index (χ4v) is 2.78. The standard InChI is InChI=1S/C15H16N2O6S/c1-16-14(18)10-23-15(19)11-4-2-6-13(8-11)24(20,21)17-9-12-5-3-7-22-12/h2-8,17H,9-10H2,1H3,(H,16,18). The SMILES string of the molecule is CNC(=O)COC(=O)c1cccc(S(=O)(=O)NCc2ccco2)c1. The maximum Gasteiger partial charge on any atom is 0.338 e. The second-order valence-electron chi connectivity index (χ2n) is 4.68. The van der Waals surface area contributed by atoms with Gasteiger partial charge in [-0.05, 0) is 30.3 Å². The molecule has 128 valence electrons. The number of amides is 1. The van der Waals surface area contributed by atoms with Crippen molar-refractivity contribution in [2.75, 3.05) is 13.7 Å². The minimum atomic E-state index is -3.83. The molecule has 0 bridgehead atoms. The molecule has 0 aliphatic carbocycles. The number of esters is 1. The number of hydrogen-bond donors (Lipinski definition) is 2. The van der Waals surface area contributed by atoms with Gasteiger partial charge in [0.15, 0.2) is 6.61 Å². The summed E-state index contributed by atoms with van der Waals surface area (Å²) in [4.78, 5) is 22.8. The van der Waals surface area contributed by atoms with Gasteiger partial charge < -0.3 is 14.5 Å². The number of sulfonamides is 1. The van der Waals surface area contributed by atoms with Crippen molar-refractivity contribution in [1.29, 1.82) is 0 Å². The summed E-state index contributed by atoms with van der Waals surface area (Å²) >= 11 is 0. The van der Waals surface area contributed by atoms with Gasteiger partial charge in [0.05, 0.1) is 23.3 Å². The average molecular weight is 352 g/mol. The van der Waals surface area contributed by atoms with Crippen LogP contribution < -0.4 is 10.0 Å². The topological polar surface area (TPSA) is 115 Å². The van der Waals surface area contributed by atoms with Crippen LogP contribution in [0.4, 0.5) is 0 Å². The van der Waals surface area contributed by atoms with E-state index in [4.69, 9.17) is 9.15 Å². The lowest BCUT2D eigenvalue weighted by molar-refractivity contribution is -0.123. The zero-order valence-electron chi connectivity index (χ0n) is 12.8. The molecule has 1 aromatic carbocycles. The van der Waals surface area contributed by atoms with Crippen molar-refractivity contribution >= 4 is 21.9 Å². The van der Waals surface area contributed by atoms with Crippen LogP contribution in [0.15, 0.2) is 52.0 Å². The summed E-state index contributed by atoms with van der Waals surface area (Å²) in [5, 5.41) is 2.31. The Morgan fingerprint density at radius 3 is 2.67 bits per heavy atom. The van der Waals surface area contributed by atoms with Gasteiger partial charge in [0, 0.05) is 7.05 Å². The Kier molecular flexibility index (Phi) is 5.72. The molecule has 1 heterocycles. The van der Waals surface area contributed by atoms with Crippen LogP contribution in [0.1, 0.15) is 16.1 Å². The van der Waals surface area contributed by atoms with Crippen molar-refractivity contribution in [3.63, 3.8) is 0 Å². The number of hydrogen-bond acceptors (Lipinski definition) is 6. The summed E-state index contributed by atoms with van der Waals surface area (Å²) in [6.07, 6.45) is 1.44. The highest BCUT2D eigenvalue weighted by molar-refractivity contribution is 7.89. The molecule has 0 aliphatic heterocycles. The number of ether oxygens (including phenoxy) is 1. The Morgan fingerprint density at radius 2 is 2.00 bits per heavy atom. The molecule has 1 aromatic heterocycles. The second-order valence-corrected chi connectivity index (χ2v) is 6.45. The highest BCUT2D eigenvalue weighted by Crippen LogP contribution is 2.13. The van der Waals surface area contributed by atoms with Crippen molar-refractivity contribution in [2.45, 2.75) is 11.4 Å². The summed E-state index contributed by atoms with van der Waals surface area (Å²) in [7, 11) is -2.41. The molecule has 1 amide bonds. The number of nitrogens with one attached hydrogen (secondary N) is 2. The molecule has 0 saturated carbocycles. The number of likely N-dealkylation sites (N-methyl/N-ethyl adjacent to an activating group) is 1. The van der Waals surface area contributed by atoms with Crippen molar-refractivity contribution < 1.29 is 27.2 Å². The molecule has 9 heteroatoms. The van der Waals surface area contributed by atoms with Crippen LogP contribution in [0.25, 0.3) is 0 Å². The minimum Gasteiger partial charge on any atom is -0.468 e.